The molecule has 17 heavy (non-hydrogen) atoms. The molecule has 2 saturated heterocycles. The topological polar surface area (TPSA) is 23.6 Å². The van der Waals surface area contributed by atoms with Gasteiger partial charge in [0.25, 0.3) is 5.91 Å². The number of carbonyl (C=O) groups excluding carboxylic acids is 1. The molecule has 1 amide bonds. The summed E-state index contributed by atoms with van der Waals surface area (Å²) >= 11 is 0. The third-order valence-corrected chi connectivity index (χ3v) is 4.55. The number of piperazine rings is 1. The van der Waals surface area contributed by atoms with Crippen molar-refractivity contribution in [2.24, 2.45) is 0 Å². The molecule has 2 bridgehead atoms. The average molecular weight is 240 g/mol. The third-order valence-electron chi connectivity index (χ3n) is 4.55. The summed E-state index contributed by atoms with van der Waals surface area (Å²) in [6, 6.07) is 1.05. The summed E-state index contributed by atoms with van der Waals surface area (Å²) in [4.78, 5) is 16.5. The number of likely N-dealkylation sites (tertiary alicyclic amines) is 1. The molecular formula is C13H21FN2O. The van der Waals surface area contributed by atoms with Crippen LogP contribution in [0.2, 0.25) is 0 Å². The van der Waals surface area contributed by atoms with Crippen LogP contribution in [0.1, 0.15) is 39.5 Å². The van der Waals surface area contributed by atoms with Gasteiger partial charge in [0.15, 0.2) is 5.67 Å². The average Bonchev–Trinajstić information content (AvgIpc) is 2.98. The highest BCUT2D eigenvalue weighted by Crippen LogP contribution is 2.44. The molecule has 3 rings (SSSR count). The lowest BCUT2D eigenvalue weighted by molar-refractivity contribution is -0.144. The van der Waals surface area contributed by atoms with E-state index < -0.39 is 5.67 Å². The van der Waals surface area contributed by atoms with Crippen LogP contribution >= 0.6 is 0 Å². The van der Waals surface area contributed by atoms with Gasteiger partial charge < -0.3 is 4.90 Å². The zero-order chi connectivity index (χ0) is 12.2. The molecule has 4 heteroatoms. The quantitative estimate of drug-likeness (QED) is 0.731. The summed E-state index contributed by atoms with van der Waals surface area (Å²) in [5.74, 6) is -0.214. The van der Waals surface area contributed by atoms with E-state index in [1.165, 1.54) is 0 Å². The Morgan fingerprint density at radius 2 is 1.76 bits per heavy atom. The van der Waals surface area contributed by atoms with E-state index >= 15 is 0 Å². The van der Waals surface area contributed by atoms with Crippen LogP contribution < -0.4 is 0 Å². The van der Waals surface area contributed by atoms with Crippen LogP contribution in [0, 0.1) is 0 Å². The predicted molar refractivity (Wildman–Crippen MR) is 63.4 cm³/mol. The van der Waals surface area contributed by atoms with E-state index in [9.17, 15) is 9.18 Å². The molecule has 1 aliphatic carbocycles. The normalized spacial score (nSPS) is 35.4. The van der Waals surface area contributed by atoms with Crippen molar-refractivity contribution in [2.75, 3.05) is 13.1 Å². The maximum Gasteiger partial charge on any atom is 0.260 e. The maximum absolute atomic E-state index is 13.9. The summed E-state index contributed by atoms with van der Waals surface area (Å²) in [6.45, 7) is 6.23. The molecular weight excluding hydrogens is 219 g/mol. The SMILES string of the molecule is CC(C)N1CC2CCC(C1)N2C(=O)C1(F)CC1. The highest BCUT2D eigenvalue weighted by Gasteiger charge is 2.57. The fraction of sp³-hybridized carbons (Fsp3) is 0.923. The van der Waals surface area contributed by atoms with Crippen molar-refractivity contribution in [1.29, 1.82) is 0 Å². The molecule has 96 valence electrons. The number of fused-ring (bicyclic) bond motifs is 2. The van der Waals surface area contributed by atoms with Crippen molar-refractivity contribution in [1.82, 2.24) is 9.80 Å². The van der Waals surface area contributed by atoms with E-state index in [4.69, 9.17) is 0 Å². The van der Waals surface area contributed by atoms with Gasteiger partial charge in [-0.25, -0.2) is 4.39 Å². The van der Waals surface area contributed by atoms with Crippen LogP contribution in [0.15, 0.2) is 0 Å². The number of nitrogens with zero attached hydrogens (tertiary/aromatic N) is 2. The van der Waals surface area contributed by atoms with E-state index in [0.29, 0.717) is 18.9 Å². The summed E-state index contributed by atoms with van der Waals surface area (Å²) < 4.78 is 13.9. The molecule has 2 atom stereocenters. The largest absolute Gasteiger partial charge is 0.331 e. The number of hydrogen-bond donors (Lipinski definition) is 0. The fourth-order valence-electron chi connectivity index (χ4n) is 3.24. The Morgan fingerprint density at radius 3 is 2.18 bits per heavy atom. The van der Waals surface area contributed by atoms with Crippen LogP contribution in [0.3, 0.4) is 0 Å². The van der Waals surface area contributed by atoms with Gasteiger partial charge in [0.1, 0.15) is 0 Å². The van der Waals surface area contributed by atoms with Gasteiger partial charge in [0.2, 0.25) is 0 Å². The molecule has 2 heterocycles. The fourth-order valence-corrected chi connectivity index (χ4v) is 3.24. The van der Waals surface area contributed by atoms with E-state index in [2.05, 4.69) is 18.7 Å². The van der Waals surface area contributed by atoms with E-state index in [-0.39, 0.29) is 18.0 Å². The second-order valence-electron chi connectivity index (χ2n) is 6.11. The highest BCUT2D eigenvalue weighted by atomic mass is 19.1. The Hall–Kier alpha value is -0.640. The Kier molecular flexibility index (Phi) is 2.47. The standard InChI is InChI=1S/C13H21FN2O/c1-9(2)15-7-10-3-4-11(8-15)16(10)12(17)13(14)5-6-13/h9-11H,3-8H2,1-2H3. The Bertz CT molecular complexity index is 326. The Morgan fingerprint density at radius 1 is 1.24 bits per heavy atom. The first-order valence-electron chi connectivity index (χ1n) is 6.77. The van der Waals surface area contributed by atoms with Crippen molar-refractivity contribution in [3.8, 4) is 0 Å². The second-order valence-corrected chi connectivity index (χ2v) is 6.11. The predicted octanol–water partition coefficient (Wildman–Crippen LogP) is 1.57. The monoisotopic (exact) mass is 240 g/mol. The lowest BCUT2D eigenvalue weighted by atomic mass is 10.1. The van der Waals surface area contributed by atoms with E-state index in [0.717, 1.165) is 25.9 Å². The summed E-state index contributed by atoms with van der Waals surface area (Å²) in [5.41, 5.74) is -1.49. The second kappa shape index (κ2) is 3.67. The first kappa shape index (κ1) is 11.5. The molecule has 1 saturated carbocycles. The minimum atomic E-state index is -1.49. The molecule has 0 aromatic heterocycles. The minimum absolute atomic E-state index is 0.214. The van der Waals surface area contributed by atoms with Crippen molar-refractivity contribution in [3.05, 3.63) is 0 Å². The lowest BCUT2D eigenvalue weighted by Gasteiger charge is -2.43. The van der Waals surface area contributed by atoms with Gasteiger partial charge in [-0.05, 0) is 39.5 Å². The first-order valence-corrected chi connectivity index (χ1v) is 6.77. The van der Waals surface area contributed by atoms with Gasteiger partial charge in [0, 0.05) is 31.2 Å². The van der Waals surface area contributed by atoms with Gasteiger partial charge in [-0.1, -0.05) is 0 Å². The number of hydrogen-bond acceptors (Lipinski definition) is 2. The molecule has 3 fully saturated rings. The van der Waals surface area contributed by atoms with Crippen molar-refractivity contribution < 1.29 is 9.18 Å². The van der Waals surface area contributed by atoms with Crippen molar-refractivity contribution in [3.63, 3.8) is 0 Å². The number of amides is 1. The van der Waals surface area contributed by atoms with Crippen LogP contribution in [-0.2, 0) is 4.79 Å². The molecule has 0 spiro atoms. The molecule has 0 N–H and O–H groups in total. The zero-order valence-corrected chi connectivity index (χ0v) is 10.7. The van der Waals surface area contributed by atoms with E-state index in [1.807, 2.05) is 4.90 Å². The number of carbonyl (C=O) groups is 1. The molecule has 3 nitrogen and oxygen atoms in total. The molecule has 2 aliphatic heterocycles. The van der Waals surface area contributed by atoms with Crippen LogP contribution in [0.5, 0.6) is 0 Å². The molecule has 2 unspecified atom stereocenters. The molecule has 0 aromatic rings. The number of halogens is 1. The molecule has 3 aliphatic rings. The van der Waals surface area contributed by atoms with Gasteiger partial charge in [-0.2, -0.15) is 0 Å². The number of rotatable bonds is 2. The number of alkyl halides is 1. The van der Waals surface area contributed by atoms with Gasteiger partial charge in [-0.15, -0.1) is 0 Å². The smallest absolute Gasteiger partial charge is 0.260 e. The van der Waals surface area contributed by atoms with Gasteiger partial charge >= 0.3 is 0 Å². The molecule has 0 radical (unpaired) electrons. The Balaban J connectivity index is 1.75. The summed E-state index contributed by atoms with van der Waals surface area (Å²) in [7, 11) is 0. The zero-order valence-electron chi connectivity index (χ0n) is 10.7. The summed E-state index contributed by atoms with van der Waals surface area (Å²) in [6.07, 6.45) is 2.98. The Labute approximate surface area is 102 Å². The highest BCUT2D eigenvalue weighted by molar-refractivity contribution is 5.88. The third kappa shape index (κ3) is 1.77. The lowest BCUT2D eigenvalue weighted by Crippen LogP contribution is -2.59. The van der Waals surface area contributed by atoms with Crippen LogP contribution in [-0.4, -0.2) is 52.6 Å². The van der Waals surface area contributed by atoms with Gasteiger partial charge in [-0.3, -0.25) is 9.69 Å². The maximum atomic E-state index is 13.9. The van der Waals surface area contributed by atoms with E-state index in [1.54, 1.807) is 0 Å². The first-order chi connectivity index (χ1) is 8.01. The van der Waals surface area contributed by atoms with Crippen molar-refractivity contribution in [2.45, 2.75) is 63.3 Å². The van der Waals surface area contributed by atoms with Crippen LogP contribution in [0.4, 0.5) is 4.39 Å². The van der Waals surface area contributed by atoms with Gasteiger partial charge in [0.05, 0.1) is 0 Å². The minimum Gasteiger partial charge on any atom is -0.331 e. The molecule has 0 aromatic carbocycles. The van der Waals surface area contributed by atoms with Crippen molar-refractivity contribution >= 4 is 5.91 Å². The summed E-state index contributed by atoms with van der Waals surface area (Å²) in [5, 5.41) is 0. The van der Waals surface area contributed by atoms with Crippen LogP contribution in [0.25, 0.3) is 0 Å².